The van der Waals surface area contributed by atoms with Crippen molar-refractivity contribution in [2.75, 3.05) is 0 Å². The molecule has 0 heterocycles. The Morgan fingerprint density at radius 3 is 2.56 bits per heavy atom. The van der Waals surface area contributed by atoms with Crippen LogP contribution in [0.4, 0.5) is 8.78 Å². The van der Waals surface area contributed by atoms with Crippen LogP contribution >= 0.6 is 15.9 Å². The maximum Gasteiger partial charge on any atom is 0.336 e. The first-order valence-electron chi connectivity index (χ1n) is 4.15. The SMILES string of the molecule is N#Cc1cc(CBr)c(C(=O)O)cc1C(F)F. The molecule has 0 fully saturated rings. The maximum atomic E-state index is 12.5. The second-order valence-corrected chi connectivity index (χ2v) is 3.51. The summed E-state index contributed by atoms with van der Waals surface area (Å²) in [6.07, 6.45) is -2.86. The summed E-state index contributed by atoms with van der Waals surface area (Å²) in [5.74, 6) is -1.29. The van der Waals surface area contributed by atoms with Gasteiger partial charge >= 0.3 is 5.97 Å². The summed E-state index contributed by atoms with van der Waals surface area (Å²) >= 11 is 3.04. The quantitative estimate of drug-likeness (QED) is 0.870. The van der Waals surface area contributed by atoms with Gasteiger partial charge in [0, 0.05) is 10.9 Å². The molecule has 1 aromatic carbocycles. The number of halogens is 3. The molecular weight excluding hydrogens is 284 g/mol. The topological polar surface area (TPSA) is 61.1 Å². The van der Waals surface area contributed by atoms with Crippen molar-refractivity contribution < 1.29 is 18.7 Å². The zero-order valence-electron chi connectivity index (χ0n) is 7.88. The number of benzene rings is 1. The lowest BCUT2D eigenvalue weighted by Gasteiger charge is -2.08. The minimum atomic E-state index is -2.86. The molecule has 0 aliphatic rings. The van der Waals surface area contributed by atoms with Crippen molar-refractivity contribution in [2.45, 2.75) is 11.8 Å². The summed E-state index contributed by atoms with van der Waals surface area (Å²) < 4.78 is 25.1. The van der Waals surface area contributed by atoms with Crippen molar-refractivity contribution in [2.24, 2.45) is 0 Å². The van der Waals surface area contributed by atoms with Crippen molar-refractivity contribution in [1.82, 2.24) is 0 Å². The van der Waals surface area contributed by atoms with E-state index in [9.17, 15) is 13.6 Å². The van der Waals surface area contributed by atoms with Crippen LogP contribution in [0.15, 0.2) is 12.1 Å². The fourth-order valence-corrected chi connectivity index (χ4v) is 1.71. The van der Waals surface area contributed by atoms with E-state index in [0.29, 0.717) is 5.56 Å². The standard InChI is InChI=1S/C10H6BrF2NO2/c11-3-5-1-6(4-14)7(9(12)13)2-8(5)10(15)16/h1-2,9H,3H2,(H,15,16). The van der Waals surface area contributed by atoms with Crippen LogP contribution in [0.25, 0.3) is 0 Å². The zero-order chi connectivity index (χ0) is 12.3. The third kappa shape index (κ3) is 2.36. The molecule has 0 saturated heterocycles. The van der Waals surface area contributed by atoms with E-state index < -0.39 is 18.0 Å². The number of nitrogens with zero attached hydrogens (tertiary/aromatic N) is 1. The van der Waals surface area contributed by atoms with Gasteiger partial charge in [-0.05, 0) is 17.7 Å². The number of carboxylic acids is 1. The highest BCUT2D eigenvalue weighted by molar-refractivity contribution is 9.08. The van der Waals surface area contributed by atoms with Crippen molar-refractivity contribution in [1.29, 1.82) is 5.26 Å². The molecule has 0 spiro atoms. The van der Waals surface area contributed by atoms with Gasteiger partial charge in [0.1, 0.15) is 0 Å². The van der Waals surface area contributed by atoms with Gasteiger partial charge in [-0.15, -0.1) is 0 Å². The molecule has 6 heteroatoms. The second kappa shape index (κ2) is 5.03. The first-order valence-corrected chi connectivity index (χ1v) is 5.27. The molecule has 0 amide bonds. The van der Waals surface area contributed by atoms with Gasteiger partial charge in [-0.2, -0.15) is 5.26 Å². The Morgan fingerprint density at radius 2 is 2.19 bits per heavy atom. The van der Waals surface area contributed by atoms with E-state index in [1.807, 2.05) is 0 Å². The molecule has 16 heavy (non-hydrogen) atoms. The van der Waals surface area contributed by atoms with Crippen LogP contribution in [0.3, 0.4) is 0 Å². The van der Waals surface area contributed by atoms with Crippen molar-refractivity contribution in [3.63, 3.8) is 0 Å². The summed E-state index contributed by atoms with van der Waals surface area (Å²) in [6.45, 7) is 0. The summed E-state index contributed by atoms with van der Waals surface area (Å²) in [4.78, 5) is 10.8. The van der Waals surface area contributed by atoms with E-state index in [2.05, 4.69) is 15.9 Å². The van der Waals surface area contributed by atoms with Crippen LogP contribution in [0.2, 0.25) is 0 Å². The summed E-state index contributed by atoms with van der Waals surface area (Å²) in [6, 6.07) is 3.64. The van der Waals surface area contributed by atoms with Gasteiger partial charge in [0.15, 0.2) is 0 Å². The second-order valence-electron chi connectivity index (χ2n) is 2.95. The van der Waals surface area contributed by atoms with Gasteiger partial charge in [0.25, 0.3) is 6.43 Å². The van der Waals surface area contributed by atoms with E-state index in [4.69, 9.17) is 10.4 Å². The lowest BCUT2D eigenvalue weighted by atomic mass is 10.00. The number of nitriles is 1. The van der Waals surface area contributed by atoms with Crippen molar-refractivity contribution in [3.05, 3.63) is 34.4 Å². The lowest BCUT2D eigenvalue weighted by molar-refractivity contribution is 0.0695. The maximum absolute atomic E-state index is 12.5. The first kappa shape index (κ1) is 12.6. The van der Waals surface area contributed by atoms with E-state index >= 15 is 0 Å². The molecule has 0 radical (unpaired) electrons. The highest BCUT2D eigenvalue weighted by Crippen LogP contribution is 2.27. The number of carboxylic acid groups (broad SMARTS) is 1. The fraction of sp³-hybridized carbons (Fsp3) is 0.200. The van der Waals surface area contributed by atoms with Gasteiger partial charge in [-0.1, -0.05) is 15.9 Å². The van der Waals surface area contributed by atoms with Crippen LogP contribution in [-0.2, 0) is 5.33 Å². The molecule has 3 nitrogen and oxygen atoms in total. The van der Waals surface area contributed by atoms with E-state index in [0.717, 1.165) is 6.07 Å². The molecule has 0 bridgehead atoms. The predicted molar refractivity (Wildman–Crippen MR) is 55.7 cm³/mol. The van der Waals surface area contributed by atoms with Gasteiger partial charge in [-0.3, -0.25) is 0 Å². The summed E-state index contributed by atoms with van der Waals surface area (Å²) in [5, 5.41) is 17.7. The lowest BCUT2D eigenvalue weighted by Crippen LogP contribution is -2.04. The Bertz CT molecular complexity index is 469. The molecule has 84 valence electrons. The molecule has 0 saturated carbocycles. The molecule has 0 unspecified atom stereocenters. The monoisotopic (exact) mass is 289 g/mol. The Balaban J connectivity index is 3.48. The third-order valence-corrected chi connectivity index (χ3v) is 2.61. The zero-order valence-corrected chi connectivity index (χ0v) is 9.46. The van der Waals surface area contributed by atoms with Crippen molar-refractivity contribution >= 4 is 21.9 Å². The van der Waals surface area contributed by atoms with Crippen molar-refractivity contribution in [3.8, 4) is 6.07 Å². The summed E-state index contributed by atoms with van der Waals surface area (Å²) in [7, 11) is 0. The van der Waals surface area contributed by atoms with Gasteiger partial charge in [0.05, 0.1) is 17.2 Å². The number of carbonyl (C=O) groups is 1. The molecule has 0 aromatic heterocycles. The smallest absolute Gasteiger partial charge is 0.336 e. The van der Waals surface area contributed by atoms with Crippen LogP contribution < -0.4 is 0 Å². The molecular formula is C10H6BrF2NO2. The van der Waals surface area contributed by atoms with Gasteiger partial charge in [0.2, 0.25) is 0 Å². The molecule has 1 aromatic rings. The van der Waals surface area contributed by atoms with Gasteiger partial charge in [-0.25, -0.2) is 13.6 Å². The minimum absolute atomic E-state index is 0.187. The Kier molecular flexibility index (Phi) is 3.96. The Labute approximate surface area is 98.4 Å². The Hall–Kier alpha value is -1.48. The fourth-order valence-electron chi connectivity index (χ4n) is 1.25. The average Bonchev–Trinajstić information content (AvgIpc) is 2.26. The molecule has 0 aliphatic heterocycles. The normalized spacial score (nSPS) is 10.2. The highest BCUT2D eigenvalue weighted by atomic mass is 79.9. The largest absolute Gasteiger partial charge is 0.478 e. The number of alkyl halides is 3. The summed E-state index contributed by atoms with van der Waals surface area (Å²) in [5.41, 5.74) is -0.668. The predicted octanol–water partition coefficient (Wildman–Crippen LogP) is 3.09. The van der Waals surface area contributed by atoms with Gasteiger partial charge < -0.3 is 5.11 Å². The Morgan fingerprint density at radius 1 is 1.56 bits per heavy atom. The molecule has 1 N–H and O–H groups in total. The number of rotatable bonds is 3. The van der Waals surface area contributed by atoms with Crippen LogP contribution in [0, 0.1) is 11.3 Å². The van der Waals surface area contributed by atoms with Crippen LogP contribution in [0.1, 0.15) is 33.5 Å². The van der Waals surface area contributed by atoms with E-state index in [1.165, 1.54) is 6.07 Å². The molecule has 0 atom stereocenters. The first-order chi connectivity index (χ1) is 7.51. The number of hydrogen-bond acceptors (Lipinski definition) is 2. The average molecular weight is 290 g/mol. The molecule has 1 rings (SSSR count). The third-order valence-electron chi connectivity index (χ3n) is 2.01. The van der Waals surface area contributed by atoms with E-state index in [-0.39, 0.29) is 16.5 Å². The minimum Gasteiger partial charge on any atom is -0.478 e. The number of hydrogen-bond donors (Lipinski definition) is 1. The highest BCUT2D eigenvalue weighted by Gasteiger charge is 2.19. The molecule has 0 aliphatic carbocycles. The van der Waals surface area contributed by atoms with Crippen LogP contribution in [0.5, 0.6) is 0 Å². The van der Waals surface area contributed by atoms with Crippen LogP contribution in [-0.4, -0.2) is 11.1 Å². The van der Waals surface area contributed by atoms with E-state index in [1.54, 1.807) is 6.07 Å². The number of aromatic carboxylic acids is 1.